The summed E-state index contributed by atoms with van der Waals surface area (Å²) in [5.74, 6) is -1.41. The predicted molar refractivity (Wildman–Crippen MR) is 54.5 cm³/mol. The minimum atomic E-state index is -1.08. The number of nitrogens with two attached hydrogens (primary N) is 1. The number of hydrogen-bond acceptors (Lipinski definition) is 4. The van der Waals surface area contributed by atoms with E-state index in [0.29, 0.717) is 12.8 Å². The molecule has 0 aromatic heterocycles. The number of carbonyl (C=O) groups excluding carboxylic acids is 1. The van der Waals surface area contributed by atoms with Crippen molar-refractivity contribution >= 4 is 11.9 Å². The lowest BCUT2D eigenvalue weighted by molar-refractivity contribution is -0.152. The summed E-state index contributed by atoms with van der Waals surface area (Å²) < 4.78 is 0. The van der Waals surface area contributed by atoms with Gasteiger partial charge in [-0.05, 0) is 19.3 Å². The first kappa shape index (κ1) is 11.3. The Morgan fingerprint density at radius 1 is 1.38 bits per heavy atom. The van der Waals surface area contributed by atoms with E-state index in [9.17, 15) is 14.7 Å². The molecule has 1 saturated heterocycles. The number of carbonyl (C=O) groups is 2. The molecule has 0 spiro atoms. The Bertz CT molecular complexity index is 327. The Balaban J connectivity index is 2.13. The Morgan fingerprint density at radius 3 is 2.44 bits per heavy atom. The molecular formula is C10H16N2O4. The summed E-state index contributed by atoms with van der Waals surface area (Å²) in [7, 11) is 0. The third-order valence-corrected chi connectivity index (χ3v) is 3.50. The number of likely N-dealkylation sites (tertiary alicyclic amines) is 1. The lowest BCUT2D eigenvalue weighted by atomic mass is 9.76. The molecule has 1 heterocycles. The van der Waals surface area contributed by atoms with Crippen LogP contribution in [0.1, 0.15) is 25.7 Å². The molecule has 0 aromatic rings. The summed E-state index contributed by atoms with van der Waals surface area (Å²) in [4.78, 5) is 24.2. The lowest BCUT2D eigenvalue weighted by Gasteiger charge is -2.40. The molecule has 2 atom stereocenters. The zero-order valence-corrected chi connectivity index (χ0v) is 8.93. The average Bonchev–Trinajstić information content (AvgIpc) is 2.55. The number of nitrogens with zero attached hydrogens (tertiary/aromatic N) is 1. The molecule has 2 rings (SSSR count). The number of amides is 1. The standard InChI is InChI=1S/C10H16N2O4/c11-10(2-1-3-10)9(16)12-5-6(13)4-7(12)8(14)15/h6-7,13H,1-5,11H2,(H,14,15)/t6?,7-/m0/s1. The smallest absolute Gasteiger partial charge is 0.326 e. The molecule has 0 aromatic carbocycles. The minimum absolute atomic E-state index is 0.0781. The largest absolute Gasteiger partial charge is 0.480 e. The van der Waals surface area contributed by atoms with Crippen molar-refractivity contribution in [2.75, 3.05) is 6.54 Å². The SMILES string of the molecule is NC1(C(=O)N2CC(O)C[C@H]2C(=O)O)CCC1. The molecule has 0 radical (unpaired) electrons. The highest BCUT2D eigenvalue weighted by molar-refractivity contribution is 5.91. The van der Waals surface area contributed by atoms with Crippen LogP contribution < -0.4 is 5.73 Å². The second-order valence-corrected chi connectivity index (χ2v) is 4.71. The van der Waals surface area contributed by atoms with Crippen molar-refractivity contribution in [1.29, 1.82) is 0 Å². The molecule has 0 bridgehead atoms. The number of rotatable bonds is 2. The molecular weight excluding hydrogens is 212 g/mol. The van der Waals surface area contributed by atoms with Gasteiger partial charge in [-0.2, -0.15) is 0 Å². The van der Waals surface area contributed by atoms with E-state index >= 15 is 0 Å². The van der Waals surface area contributed by atoms with E-state index in [-0.39, 0.29) is 18.9 Å². The first-order chi connectivity index (χ1) is 7.44. The number of carboxylic acids is 1. The van der Waals surface area contributed by atoms with Gasteiger partial charge < -0.3 is 20.8 Å². The molecule has 1 aliphatic carbocycles. The van der Waals surface area contributed by atoms with Gasteiger partial charge in [-0.25, -0.2) is 4.79 Å². The highest BCUT2D eigenvalue weighted by Crippen LogP contribution is 2.33. The van der Waals surface area contributed by atoms with Crippen molar-refractivity contribution < 1.29 is 19.8 Å². The molecule has 90 valence electrons. The van der Waals surface area contributed by atoms with Crippen LogP contribution in [0.25, 0.3) is 0 Å². The van der Waals surface area contributed by atoms with E-state index in [0.717, 1.165) is 6.42 Å². The van der Waals surface area contributed by atoms with Gasteiger partial charge in [0.1, 0.15) is 6.04 Å². The van der Waals surface area contributed by atoms with Crippen molar-refractivity contribution in [1.82, 2.24) is 4.90 Å². The van der Waals surface area contributed by atoms with E-state index in [1.807, 2.05) is 0 Å². The van der Waals surface area contributed by atoms with Crippen molar-refractivity contribution in [3.63, 3.8) is 0 Å². The first-order valence-corrected chi connectivity index (χ1v) is 5.45. The molecule has 1 saturated carbocycles. The van der Waals surface area contributed by atoms with Crippen molar-refractivity contribution in [2.45, 2.75) is 43.4 Å². The zero-order chi connectivity index (χ0) is 11.9. The van der Waals surface area contributed by atoms with Crippen LogP contribution >= 0.6 is 0 Å². The van der Waals surface area contributed by atoms with Crippen molar-refractivity contribution in [3.05, 3.63) is 0 Å². The Kier molecular flexibility index (Phi) is 2.63. The zero-order valence-electron chi connectivity index (χ0n) is 8.93. The van der Waals surface area contributed by atoms with Crippen LogP contribution in [0.3, 0.4) is 0 Å². The molecule has 1 aliphatic heterocycles. The van der Waals surface area contributed by atoms with Gasteiger partial charge in [0.2, 0.25) is 5.91 Å². The van der Waals surface area contributed by atoms with Crippen molar-refractivity contribution in [2.24, 2.45) is 5.73 Å². The molecule has 2 aliphatic rings. The van der Waals surface area contributed by atoms with Gasteiger partial charge in [-0.3, -0.25) is 4.79 Å². The summed E-state index contributed by atoms with van der Waals surface area (Å²) in [6, 6.07) is -0.927. The summed E-state index contributed by atoms with van der Waals surface area (Å²) in [6.45, 7) is 0.0781. The number of β-amino-alcohol motifs (C(OH)–C–C–N with tert-alkyl or cyclic N) is 1. The lowest BCUT2D eigenvalue weighted by Crippen LogP contribution is -2.61. The molecule has 1 unspecified atom stereocenters. The minimum Gasteiger partial charge on any atom is -0.480 e. The second kappa shape index (κ2) is 3.71. The fourth-order valence-electron chi connectivity index (χ4n) is 2.33. The Hall–Kier alpha value is -1.14. The van der Waals surface area contributed by atoms with Crippen LogP contribution in [0.4, 0.5) is 0 Å². The highest BCUT2D eigenvalue weighted by Gasteiger charge is 2.48. The first-order valence-electron chi connectivity index (χ1n) is 5.45. The molecule has 1 amide bonds. The second-order valence-electron chi connectivity index (χ2n) is 4.71. The van der Waals surface area contributed by atoms with Gasteiger partial charge in [0.15, 0.2) is 0 Å². The van der Waals surface area contributed by atoms with Crippen LogP contribution in [-0.2, 0) is 9.59 Å². The molecule has 4 N–H and O–H groups in total. The van der Waals surface area contributed by atoms with Gasteiger partial charge in [-0.1, -0.05) is 0 Å². The number of hydrogen-bond donors (Lipinski definition) is 3. The van der Waals surface area contributed by atoms with Gasteiger partial charge in [0.05, 0.1) is 11.6 Å². The predicted octanol–water partition coefficient (Wildman–Crippen LogP) is -1.09. The number of aliphatic hydroxyl groups is 1. The van der Waals surface area contributed by atoms with Gasteiger partial charge in [0, 0.05) is 13.0 Å². The van der Waals surface area contributed by atoms with Crippen LogP contribution in [-0.4, -0.2) is 51.2 Å². The van der Waals surface area contributed by atoms with E-state index < -0.39 is 23.7 Å². The maximum atomic E-state index is 12.0. The fourth-order valence-corrected chi connectivity index (χ4v) is 2.33. The maximum absolute atomic E-state index is 12.0. The van der Waals surface area contributed by atoms with Crippen LogP contribution in [0.5, 0.6) is 0 Å². The highest BCUT2D eigenvalue weighted by atomic mass is 16.4. The van der Waals surface area contributed by atoms with Gasteiger partial charge in [-0.15, -0.1) is 0 Å². The summed E-state index contributed by atoms with van der Waals surface area (Å²) in [5.41, 5.74) is 4.98. The number of carboxylic acid groups (broad SMARTS) is 1. The molecule has 6 heteroatoms. The van der Waals surface area contributed by atoms with Gasteiger partial charge >= 0.3 is 5.97 Å². The van der Waals surface area contributed by atoms with E-state index in [2.05, 4.69) is 0 Å². The monoisotopic (exact) mass is 228 g/mol. The van der Waals surface area contributed by atoms with Gasteiger partial charge in [0.25, 0.3) is 0 Å². The quantitative estimate of drug-likeness (QED) is 0.557. The summed E-state index contributed by atoms with van der Waals surface area (Å²) >= 11 is 0. The Morgan fingerprint density at radius 2 is 2.00 bits per heavy atom. The van der Waals surface area contributed by atoms with Crippen LogP contribution in [0, 0.1) is 0 Å². The maximum Gasteiger partial charge on any atom is 0.326 e. The normalized spacial score (nSPS) is 32.2. The summed E-state index contributed by atoms with van der Waals surface area (Å²) in [5, 5.41) is 18.4. The number of aliphatic carboxylic acids is 1. The molecule has 6 nitrogen and oxygen atoms in total. The van der Waals surface area contributed by atoms with E-state index in [1.165, 1.54) is 4.90 Å². The fraction of sp³-hybridized carbons (Fsp3) is 0.800. The van der Waals surface area contributed by atoms with Crippen LogP contribution in [0.15, 0.2) is 0 Å². The van der Waals surface area contributed by atoms with Crippen molar-refractivity contribution in [3.8, 4) is 0 Å². The topological polar surface area (TPSA) is 104 Å². The average molecular weight is 228 g/mol. The Labute approximate surface area is 93.0 Å². The third kappa shape index (κ3) is 1.68. The molecule has 2 fully saturated rings. The van der Waals surface area contributed by atoms with E-state index in [4.69, 9.17) is 10.8 Å². The summed E-state index contributed by atoms with van der Waals surface area (Å²) in [6.07, 6.45) is 1.44. The van der Waals surface area contributed by atoms with E-state index in [1.54, 1.807) is 0 Å². The third-order valence-electron chi connectivity index (χ3n) is 3.50. The molecule has 16 heavy (non-hydrogen) atoms. The van der Waals surface area contributed by atoms with Crippen LogP contribution in [0.2, 0.25) is 0 Å². The number of aliphatic hydroxyl groups excluding tert-OH is 1.